The number of amides is 1. The first-order valence-corrected chi connectivity index (χ1v) is 8.33. The third kappa shape index (κ3) is 4.91. The number of piperidine rings is 1. The third-order valence-corrected chi connectivity index (χ3v) is 4.31. The van der Waals surface area contributed by atoms with Crippen molar-refractivity contribution in [2.24, 2.45) is 0 Å². The van der Waals surface area contributed by atoms with Crippen LogP contribution in [0.1, 0.15) is 38.2 Å². The van der Waals surface area contributed by atoms with Gasteiger partial charge in [-0.1, -0.05) is 25.1 Å². The van der Waals surface area contributed by atoms with Gasteiger partial charge in [0.1, 0.15) is 6.10 Å². The van der Waals surface area contributed by atoms with E-state index in [1.54, 1.807) is 18.2 Å². The van der Waals surface area contributed by atoms with E-state index in [9.17, 15) is 24.8 Å². The van der Waals surface area contributed by atoms with Crippen molar-refractivity contribution < 1.29 is 24.4 Å². The number of hydrogen-bond acceptors (Lipinski definition) is 5. The van der Waals surface area contributed by atoms with Gasteiger partial charge in [-0.15, -0.1) is 0 Å². The summed E-state index contributed by atoms with van der Waals surface area (Å²) in [5.41, 5.74) is 0.447. The van der Waals surface area contributed by atoms with Crippen molar-refractivity contribution in [2.45, 2.75) is 51.2 Å². The highest BCUT2D eigenvalue weighted by atomic mass is 16.6. The van der Waals surface area contributed by atoms with Crippen LogP contribution in [0.2, 0.25) is 0 Å². The number of benzene rings is 1. The number of nitro benzene ring substituents is 1. The Hall–Kier alpha value is -2.64. The average Bonchev–Trinajstić information content (AvgIpc) is 2.55. The van der Waals surface area contributed by atoms with Gasteiger partial charge in [0.25, 0.3) is 5.69 Å². The number of rotatable bonds is 6. The summed E-state index contributed by atoms with van der Waals surface area (Å²) in [5, 5.41) is 20.6. The molecule has 1 aliphatic rings. The highest BCUT2D eigenvalue weighted by molar-refractivity contribution is 5.69. The molecule has 8 nitrogen and oxygen atoms in total. The Morgan fingerprint density at radius 1 is 1.40 bits per heavy atom. The fourth-order valence-electron chi connectivity index (χ4n) is 3.13. The second-order valence-corrected chi connectivity index (χ2v) is 6.11. The van der Waals surface area contributed by atoms with Gasteiger partial charge in [0.15, 0.2) is 0 Å². The van der Waals surface area contributed by atoms with Crippen molar-refractivity contribution in [2.75, 3.05) is 6.54 Å². The molecule has 25 heavy (non-hydrogen) atoms. The minimum absolute atomic E-state index is 0.0297. The Kier molecular flexibility index (Phi) is 6.32. The molecule has 0 aromatic heterocycles. The summed E-state index contributed by atoms with van der Waals surface area (Å²) in [5.74, 6) is -0.291. The molecule has 1 aromatic carbocycles. The molecular weight excluding hydrogens is 328 g/mol. The van der Waals surface area contributed by atoms with E-state index in [-0.39, 0.29) is 30.7 Å². The maximum absolute atomic E-state index is 11.7. The second kappa shape index (κ2) is 8.46. The summed E-state index contributed by atoms with van der Waals surface area (Å²) in [4.78, 5) is 35.2. The maximum Gasteiger partial charge on any atom is 0.407 e. The molecule has 1 N–H and O–H groups in total. The summed E-state index contributed by atoms with van der Waals surface area (Å²) >= 11 is 0. The van der Waals surface area contributed by atoms with Gasteiger partial charge in [0, 0.05) is 43.5 Å². The summed E-state index contributed by atoms with van der Waals surface area (Å²) < 4.78 is 5.41. The molecule has 1 heterocycles. The number of nitrogens with zero attached hydrogens (tertiary/aromatic N) is 2. The minimum atomic E-state index is -1.07. The van der Waals surface area contributed by atoms with Gasteiger partial charge in [-0.05, 0) is 12.8 Å². The summed E-state index contributed by atoms with van der Waals surface area (Å²) in [6.45, 7) is 2.12. The van der Waals surface area contributed by atoms with Gasteiger partial charge in [-0.2, -0.15) is 0 Å². The van der Waals surface area contributed by atoms with Crippen LogP contribution < -0.4 is 0 Å². The van der Waals surface area contributed by atoms with Crippen LogP contribution in [-0.2, 0) is 16.0 Å². The standard InChI is InChI=1S/C17H22N2O6/c1-2-5-16(20)25-14-8-9-18(17(21)22)13(11-14)10-12-6-3-4-7-15(12)19(23)24/h3-4,6-7,13-14H,2,5,8-11H2,1H3,(H,21,22). The van der Waals surface area contributed by atoms with E-state index < -0.39 is 17.1 Å². The Balaban J connectivity index is 2.14. The number of nitro groups is 1. The average molecular weight is 350 g/mol. The SMILES string of the molecule is CCCC(=O)OC1CCN(C(=O)O)C(Cc2ccccc2[N+](=O)[O-])C1. The van der Waals surface area contributed by atoms with Crippen LogP contribution in [0.15, 0.2) is 24.3 Å². The van der Waals surface area contributed by atoms with Gasteiger partial charge in [-0.25, -0.2) is 4.79 Å². The predicted octanol–water partition coefficient (Wildman–Crippen LogP) is 2.99. The first-order valence-electron chi connectivity index (χ1n) is 8.33. The molecule has 1 saturated heterocycles. The van der Waals surface area contributed by atoms with Crippen LogP contribution in [0.4, 0.5) is 10.5 Å². The largest absolute Gasteiger partial charge is 0.465 e. The lowest BCUT2D eigenvalue weighted by Gasteiger charge is -2.37. The number of likely N-dealkylation sites (tertiary alicyclic amines) is 1. The smallest absolute Gasteiger partial charge is 0.407 e. The molecule has 2 atom stereocenters. The van der Waals surface area contributed by atoms with E-state index >= 15 is 0 Å². The molecule has 0 spiro atoms. The fraction of sp³-hybridized carbons (Fsp3) is 0.529. The first-order chi connectivity index (χ1) is 11.9. The van der Waals surface area contributed by atoms with Crippen LogP contribution in [0.5, 0.6) is 0 Å². The molecule has 1 aromatic rings. The number of carbonyl (C=O) groups is 2. The molecule has 0 aliphatic carbocycles. The van der Waals surface area contributed by atoms with Crippen LogP contribution in [0.25, 0.3) is 0 Å². The highest BCUT2D eigenvalue weighted by Crippen LogP contribution is 2.27. The molecular formula is C17H22N2O6. The lowest BCUT2D eigenvalue weighted by atomic mass is 9.93. The van der Waals surface area contributed by atoms with Crippen molar-refractivity contribution in [1.82, 2.24) is 4.90 Å². The van der Waals surface area contributed by atoms with Crippen LogP contribution in [0, 0.1) is 10.1 Å². The van der Waals surface area contributed by atoms with Crippen LogP contribution in [-0.4, -0.2) is 45.7 Å². The lowest BCUT2D eigenvalue weighted by molar-refractivity contribution is -0.385. The van der Waals surface area contributed by atoms with Crippen molar-refractivity contribution >= 4 is 17.7 Å². The van der Waals surface area contributed by atoms with Gasteiger partial charge in [0.05, 0.1) is 4.92 Å². The predicted molar refractivity (Wildman–Crippen MR) is 89.3 cm³/mol. The van der Waals surface area contributed by atoms with Crippen molar-refractivity contribution in [3.8, 4) is 0 Å². The Bertz CT molecular complexity index is 648. The minimum Gasteiger partial charge on any atom is -0.465 e. The molecule has 0 saturated carbocycles. The molecule has 1 aliphatic heterocycles. The highest BCUT2D eigenvalue weighted by Gasteiger charge is 2.34. The summed E-state index contributed by atoms with van der Waals surface area (Å²) in [7, 11) is 0. The molecule has 1 fully saturated rings. The quantitative estimate of drug-likeness (QED) is 0.480. The fourth-order valence-corrected chi connectivity index (χ4v) is 3.13. The van der Waals surface area contributed by atoms with E-state index in [0.717, 1.165) is 0 Å². The molecule has 0 bridgehead atoms. The molecule has 0 radical (unpaired) electrons. The zero-order chi connectivity index (χ0) is 18.4. The number of esters is 1. The lowest BCUT2D eigenvalue weighted by Crippen LogP contribution is -2.49. The zero-order valence-electron chi connectivity index (χ0n) is 14.1. The van der Waals surface area contributed by atoms with Gasteiger partial charge in [0.2, 0.25) is 0 Å². The van der Waals surface area contributed by atoms with E-state index in [2.05, 4.69) is 0 Å². The van der Waals surface area contributed by atoms with Gasteiger partial charge >= 0.3 is 12.1 Å². The normalized spacial score (nSPS) is 20.1. The van der Waals surface area contributed by atoms with Gasteiger partial charge < -0.3 is 14.7 Å². The maximum atomic E-state index is 11.7. The van der Waals surface area contributed by atoms with Crippen LogP contribution in [0.3, 0.4) is 0 Å². The summed E-state index contributed by atoms with van der Waals surface area (Å²) in [6.07, 6.45) is 0.582. The van der Waals surface area contributed by atoms with E-state index in [4.69, 9.17) is 4.74 Å². The second-order valence-electron chi connectivity index (χ2n) is 6.11. The molecule has 136 valence electrons. The monoisotopic (exact) mass is 350 g/mol. The zero-order valence-corrected chi connectivity index (χ0v) is 14.1. The number of para-hydroxylation sites is 1. The van der Waals surface area contributed by atoms with Crippen molar-refractivity contribution in [1.29, 1.82) is 0 Å². The first kappa shape index (κ1) is 18.7. The molecule has 2 rings (SSSR count). The molecule has 2 unspecified atom stereocenters. The Labute approximate surface area is 145 Å². The van der Waals surface area contributed by atoms with Gasteiger partial charge in [-0.3, -0.25) is 14.9 Å². The van der Waals surface area contributed by atoms with Crippen molar-refractivity contribution in [3.05, 3.63) is 39.9 Å². The Morgan fingerprint density at radius 2 is 2.12 bits per heavy atom. The van der Waals surface area contributed by atoms with E-state index in [0.29, 0.717) is 31.2 Å². The topological polar surface area (TPSA) is 110 Å². The number of carboxylic acid groups (broad SMARTS) is 1. The molecule has 1 amide bonds. The number of hydrogen-bond donors (Lipinski definition) is 1. The number of carbonyl (C=O) groups excluding carboxylic acids is 1. The summed E-state index contributed by atoms with van der Waals surface area (Å²) in [6, 6.07) is 5.83. The third-order valence-electron chi connectivity index (χ3n) is 4.31. The van der Waals surface area contributed by atoms with E-state index in [1.165, 1.54) is 11.0 Å². The number of ether oxygens (including phenoxy) is 1. The van der Waals surface area contributed by atoms with E-state index in [1.807, 2.05) is 6.92 Å². The van der Waals surface area contributed by atoms with Crippen LogP contribution >= 0.6 is 0 Å². The Morgan fingerprint density at radius 3 is 2.76 bits per heavy atom. The van der Waals surface area contributed by atoms with Crippen molar-refractivity contribution in [3.63, 3.8) is 0 Å². The molecule has 8 heteroatoms.